The van der Waals surface area contributed by atoms with E-state index in [1.807, 2.05) is 25.2 Å². The molecule has 1 heterocycles. The van der Waals surface area contributed by atoms with E-state index in [1.165, 1.54) is 0 Å². The standard InChI is InChI=1S/C13H17BrN2O3/c1-8(15-2)11-5-9(14)3-4-12(11)18-7-10-6-16-13(17)19-10/h3-5,8,10,15H,6-7H2,1-2H3,(H,16,17). The van der Waals surface area contributed by atoms with Crippen molar-refractivity contribution in [2.24, 2.45) is 0 Å². The maximum atomic E-state index is 10.9. The number of carbonyl (C=O) groups is 1. The van der Waals surface area contributed by atoms with E-state index in [0.717, 1.165) is 15.8 Å². The molecule has 19 heavy (non-hydrogen) atoms. The molecule has 2 unspecified atom stereocenters. The predicted octanol–water partition coefficient (Wildman–Crippen LogP) is 2.22. The molecule has 5 nitrogen and oxygen atoms in total. The van der Waals surface area contributed by atoms with E-state index in [0.29, 0.717) is 13.2 Å². The first-order valence-electron chi connectivity index (χ1n) is 6.14. The minimum Gasteiger partial charge on any atom is -0.489 e. The lowest BCUT2D eigenvalue weighted by atomic mass is 10.1. The number of nitrogens with one attached hydrogen (secondary N) is 2. The molecular formula is C13H17BrN2O3. The third kappa shape index (κ3) is 3.61. The largest absolute Gasteiger partial charge is 0.489 e. The Morgan fingerprint density at radius 2 is 2.42 bits per heavy atom. The predicted molar refractivity (Wildman–Crippen MR) is 75.4 cm³/mol. The molecule has 0 aliphatic carbocycles. The second kappa shape index (κ2) is 6.25. The van der Waals surface area contributed by atoms with Gasteiger partial charge in [-0.1, -0.05) is 15.9 Å². The van der Waals surface area contributed by atoms with E-state index >= 15 is 0 Å². The maximum absolute atomic E-state index is 10.9. The monoisotopic (exact) mass is 328 g/mol. The average Bonchev–Trinajstić information content (AvgIpc) is 2.82. The van der Waals surface area contributed by atoms with Gasteiger partial charge in [-0.3, -0.25) is 0 Å². The Bertz CT molecular complexity index is 467. The summed E-state index contributed by atoms with van der Waals surface area (Å²) in [4.78, 5) is 10.9. The van der Waals surface area contributed by atoms with Crippen LogP contribution in [0.3, 0.4) is 0 Å². The Morgan fingerprint density at radius 3 is 3.05 bits per heavy atom. The van der Waals surface area contributed by atoms with Gasteiger partial charge in [0.25, 0.3) is 0 Å². The van der Waals surface area contributed by atoms with Gasteiger partial charge in [0.05, 0.1) is 6.54 Å². The SMILES string of the molecule is CNC(C)c1cc(Br)ccc1OCC1CNC(=O)O1. The highest BCUT2D eigenvalue weighted by molar-refractivity contribution is 9.10. The van der Waals surface area contributed by atoms with E-state index in [4.69, 9.17) is 9.47 Å². The molecule has 0 bridgehead atoms. The molecule has 0 saturated carbocycles. The van der Waals surface area contributed by atoms with E-state index in [2.05, 4.69) is 33.5 Å². The number of carbonyl (C=O) groups excluding carboxylic acids is 1. The van der Waals surface area contributed by atoms with Crippen molar-refractivity contribution in [1.29, 1.82) is 0 Å². The minimum absolute atomic E-state index is 0.178. The van der Waals surface area contributed by atoms with E-state index in [1.54, 1.807) is 0 Å². The smallest absolute Gasteiger partial charge is 0.407 e. The normalized spacial score (nSPS) is 19.7. The molecule has 0 aromatic heterocycles. The van der Waals surface area contributed by atoms with Crippen LogP contribution >= 0.6 is 15.9 Å². The van der Waals surface area contributed by atoms with Crippen molar-refractivity contribution < 1.29 is 14.3 Å². The molecule has 1 amide bonds. The minimum atomic E-state index is -0.381. The maximum Gasteiger partial charge on any atom is 0.407 e. The van der Waals surface area contributed by atoms with Crippen molar-refractivity contribution in [2.45, 2.75) is 19.1 Å². The number of benzene rings is 1. The fourth-order valence-corrected chi connectivity index (χ4v) is 2.23. The van der Waals surface area contributed by atoms with E-state index in [9.17, 15) is 4.79 Å². The van der Waals surface area contributed by atoms with Crippen LogP contribution in [-0.4, -0.2) is 32.4 Å². The fourth-order valence-electron chi connectivity index (χ4n) is 1.85. The number of hydrogen-bond donors (Lipinski definition) is 2. The van der Waals surface area contributed by atoms with Crippen LogP contribution in [0.2, 0.25) is 0 Å². The average molecular weight is 329 g/mol. The Labute approximate surface area is 120 Å². The number of rotatable bonds is 5. The first-order valence-corrected chi connectivity index (χ1v) is 6.93. The third-order valence-electron chi connectivity index (χ3n) is 3.04. The molecular weight excluding hydrogens is 312 g/mol. The quantitative estimate of drug-likeness (QED) is 0.870. The molecule has 6 heteroatoms. The van der Waals surface area contributed by atoms with Gasteiger partial charge in [-0.25, -0.2) is 4.79 Å². The van der Waals surface area contributed by atoms with E-state index in [-0.39, 0.29) is 18.2 Å². The molecule has 104 valence electrons. The first-order chi connectivity index (χ1) is 9.10. The third-order valence-corrected chi connectivity index (χ3v) is 3.54. The van der Waals surface area contributed by atoms with Crippen LogP contribution in [0.5, 0.6) is 5.75 Å². The first kappa shape index (κ1) is 14.1. The summed E-state index contributed by atoms with van der Waals surface area (Å²) in [6, 6.07) is 6.05. The zero-order chi connectivity index (χ0) is 13.8. The summed E-state index contributed by atoms with van der Waals surface area (Å²) in [5.41, 5.74) is 1.06. The Balaban J connectivity index is 2.04. The molecule has 2 atom stereocenters. The summed E-state index contributed by atoms with van der Waals surface area (Å²) in [6.45, 7) is 2.90. The second-order valence-corrected chi connectivity index (χ2v) is 5.33. The number of alkyl carbamates (subject to hydrolysis) is 1. The van der Waals surface area contributed by atoms with Crippen molar-refractivity contribution in [3.05, 3.63) is 28.2 Å². The highest BCUT2D eigenvalue weighted by atomic mass is 79.9. The van der Waals surface area contributed by atoms with Crippen LogP contribution in [0.4, 0.5) is 4.79 Å². The van der Waals surface area contributed by atoms with Gasteiger partial charge in [0.1, 0.15) is 12.4 Å². The number of amides is 1. The van der Waals surface area contributed by atoms with E-state index < -0.39 is 0 Å². The summed E-state index contributed by atoms with van der Waals surface area (Å²) in [5, 5.41) is 5.79. The highest BCUT2D eigenvalue weighted by Crippen LogP contribution is 2.28. The van der Waals surface area contributed by atoms with Crippen molar-refractivity contribution in [2.75, 3.05) is 20.2 Å². The van der Waals surface area contributed by atoms with Crippen molar-refractivity contribution >= 4 is 22.0 Å². The number of cyclic esters (lactones) is 1. The summed E-state index contributed by atoms with van der Waals surface area (Å²) in [7, 11) is 1.90. The lowest BCUT2D eigenvalue weighted by Gasteiger charge is -2.18. The van der Waals surface area contributed by atoms with Gasteiger partial charge in [0, 0.05) is 16.1 Å². The number of ether oxygens (including phenoxy) is 2. The fraction of sp³-hybridized carbons (Fsp3) is 0.462. The van der Waals surface area contributed by atoms with Crippen LogP contribution in [0.25, 0.3) is 0 Å². The van der Waals surface area contributed by atoms with Crippen LogP contribution in [0, 0.1) is 0 Å². The molecule has 1 saturated heterocycles. The van der Waals surface area contributed by atoms with Crippen molar-refractivity contribution in [3.8, 4) is 5.75 Å². The molecule has 2 N–H and O–H groups in total. The number of halogens is 1. The topological polar surface area (TPSA) is 59.6 Å². The van der Waals surface area contributed by atoms with Crippen LogP contribution in [-0.2, 0) is 4.74 Å². The molecule has 2 rings (SSSR count). The summed E-state index contributed by atoms with van der Waals surface area (Å²) in [5.74, 6) is 0.799. The van der Waals surface area contributed by atoms with Crippen LogP contribution < -0.4 is 15.4 Å². The van der Waals surface area contributed by atoms with Crippen molar-refractivity contribution in [3.63, 3.8) is 0 Å². The summed E-state index contributed by atoms with van der Waals surface area (Å²) in [6.07, 6.45) is -0.609. The van der Waals surface area contributed by atoms with Gasteiger partial charge in [-0.2, -0.15) is 0 Å². The van der Waals surface area contributed by atoms with Crippen LogP contribution in [0.15, 0.2) is 22.7 Å². The van der Waals surface area contributed by atoms with Gasteiger partial charge < -0.3 is 20.1 Å². The highest BCUT2D eigenvalue weighted by Gasteiger charge is 2.23. The van der Waals surface area contributed by atoms with Gasteiger partial charge in [0.2, 0.25) is 0 Å². The molecule has 1 aromatic carbocycles. The molecule has 1 fully saturated rings. The number of hydrogen-bond acceptors (Lipinski definition) is 4. The molecule has 0 spiro atoms. The molecule has 0 radical (unpaired) electrons. The zero-order valence-corrected chi connectivity index (χ0v) is 12.5. The summed E-state index contributed by atoms with van der Waals surface area (Å²) < 4.78 is 11.8. The van der Waals surface area contributed by atoms with Gasteiger partial charge in [0.15, 0.2) is 6.10 Å². The lowest BCUT2D eigenvalue weighted by molar-refractivity contribution is 0.104. The molecule has 1 aliphatic heterocycles. The van der Waals surface area contributed by atoms with Crippen molar-refractivity contribution in [1.82, 2.24) is 10.6 Å². The Kier molecular flexibility index (Phi) is 4.66. The Hall–Kier alpha value is -1.27. The van der Waals surface area contributed by atoms with Gasteiger partial charge >= 0.3 is 6.09 Å². The van der Waals surface area contributed by atoms with Gasteiger partial charge in [-0.05, 0) is 32.2 Å². The zero-order valence-electron chi connectivity index (χ0n) is 10.9. The molecule has 1 aromatic rings. The lowest BCUT2D eigenvalue weighted by Crippen LogP contribution is -2.23. The van der Waals surface area contributed by atoms with Crippen LogP contribution in [0.1, 0.15) is 18.5 Å². The summed E-state index contributed by atoms with van der Waals surface area (Å²) >= 11 is 3.46. The molecule has 1 aliphatic rings. The Morgan fingerprint density at radius 1 is 1.63 bits per heavy atom. The second-order valence-electron chi connectivity index (χ2n) is 4.41. The van der Waals surface area contributed by atoms with Gasteiger partial charge in [-0.15, -0.1) is 0 Å².